The second kappa shape index (κ2) is 4.98. The smallest absolute Gasteiger partial charge is 0.180 e. The fourth-order valence-corrected chi connectivity index (χ4v) is 1.54. The topological polar surface area (TPSA) is 63.6 Å². The fraction of sp³-hybridized carbons (Fsp3) is 0.200. The third-order valence-electron chi connectivity index (χ3n) is 1.90. The van der Waals surface area contributed by atoms with Crippen molar-refractivity contribution in [2.45, 2.75) is 6.92 Å². The van der Waals surface area contributed by atoms with E-state index in [1.54, 1.807) is 18.5 Å². The van der Waals surface area contributed by atoms with Crippen molar-refractivity contribution in [3.63, 3.8) is 0 Å². The van der Waals surface area contributed by atoms with Crippen LogP contribution in [0, 0.1) is 0 Å². The minimum absolute atomic E-state index is 0.585. The number of anilines is 1. The number of halogens is 1. The fourth-order valence-electron chi connectivity index (χ4n) is 1.20. The Kier molecular flexibility index (Phi) is 3.40. The highest BCUT2D eigenvalue weighted by atomic mass is 79.9. The van der Waals surface area contributed by atoms with E-state index in [1.807, 2.05) is 6.92 Å². The molecule has 0 radical (unpaired) electrons. The predicted octanol–water partition coefficient (Wildman–Crippen LogP) is 2.13. The quantitative estimate of drug-likeness (QED) is 0.933. The van der Waals surface area contributed by atoms with Gasteiger partial charge in [-0.25, -0.2) is 19.9 Å². The molecule has 0 bridgehead atoms. The summed E-state index contributed by atoms with van der Waals surface area (Å²) in [4.78, 5) is 16.5. The van der Waals surface area contributed by atoms with Crippen LogP contribution in [-0.4, -0.2) is 26.5 Å². The monoisotopic (exact) mass is 279 g/mol. The molecule has 2 rings (SSSR count). The van der Waals surface area contributed by atoms with Crippen molar-refractivity contribution >= 4 is 21.7 Å². The van der Waals surface area contributed by atoms with E-state index >= 15 is 0 Å². The lowest BCUT2D eigenvalue weighted by molar-refractivity contribution is 1.07. The van der Waals surface area contributed by atoms with Crippen LogP contribution >= 0.6 is 15.9 Å². The number of hydrogen-bond donors (Lipinski definition) is 1. The Balaban J connectivity index is 2.40. The average molecular weight is 280 g/mol. The van der Waals surface area contributed by atoms with E-state index in [0.717, 1.165) is 16.8 Å². The summed E-state index contributed by atoms with van der Waals surface area (Å²) in [6.45, 7) is 2.82. The summed E-state index contributed by atoms with van der Waals surface area (Å²) >= 11 is 3.38. The zero-order chi connectivity index (χ0) is 11.4. The molecule has 0 aromatic carbocycles. The molecule has 0 atom stereocenters. The van der Waals surface area contributed by atoms with Gasteiger partial charge in [0.15, 0.2) is 5.82 Å². The van der Waals surface area contributed by atoms with Crippen molar-refractivity contribution < 1.29 is 0 Å². The van der Waals surface area contributed by atoms with Crippen molar-refractivity contribution in [3.05, 3.63) is 29.3 Å². The largest absolute Gasteiger partial charge is 0.369 e. The number of nitrogens with one attached hydrogen (secondary N) is 1. The molecule has 0 spiro atoms. The van der Waals surface area contributed by atoms with Gasteiger partial charge in [-0.2, -0.15) is 0 Å². The Hall–Kier alpha value is -1.56. The minimum atomic E-state index is 0.585. The van der Waals surface area contributed by atoms with Crippen molar-refractivity contribution in [2.75, 3.05) is 11.9 Å². The van der Waals surface area contributed by atoms with Crippen molar-refractivity contribution in [3.8, 4) is 11.5 Å². The van der Waals surface area contributed by atoms with Gasteiger partial charge in [0.05, 0.1) is 4.47 Å². The van der Waals surface area contributed by atoms with Crippen LogP contribution in [0.4, 0.5) is 5.82 Å². The molecule has 0 saturated heterocycles. The summed E-state index contributed by atoms with van der Waals surface area (Å²) in [5.41, 5.74) is 0.710. The summed E-state index contributed by atoms with van der Waals surface area (Å²) in [5.74, 6) is 1.35. The molecule has 0 aliphatic rings. The molecule has 0 unspecified atom stereocenters. The van der Waals surface area contributed by atoms with Crippen LogP contribution in [0.2, 0.25) is 0 Å². The first-order chi connectivity index (χ1) is 7.81. The Morgan fingerprint density at radius 2 is 2.25 bits per heavy atom. The van der Waals surface area contributed by atoms with Gasteiger partial charge in [-0.3, -0.25) is 0 Å². The zero-order valence-corrected chi connectivity index (χ0v) is 10.3. The molecule has 0 saturated carbocycles. The molecule has 0 aliphatic heterocycles. The van der Waals surface area contributed by atoms with Gasteiger partial charge in [0.25, 0.3) is 0 Å². The normalized spacial score (nSPS) is 10.1. The maximum absolute atomic E-state index is 4.37. The van der Waals surface area contributed by atoms with Crippen molar-refractivity contribution in [1.29, 1.82) is 0 Å². The lowest BCUT2D eigenvalue weighted by Gasteiger charge is -2.06. The number of aromatic nitrogens is 4. The zero-order valence-electron chi connectivity index (χ0n) is 8.68. The van der Waals surface area contributed by atoms with Crippen LogP contribution in [0.1, 0.15) is 6.92 Å². The van der Waals surface area contributed by atoms with E-state index in [1.165, 1.54) is 6.33 Å². The van der Waals surface area contributed by atoms with Crippen LogP contribution in [0.25, 0.3) is 11.5 Å². The summed E-state index contributed by atoms with van der Waals surface area (Å²) < 4.78 is 0.840. The van der Waals surface area contributed by atoms with E-state index in [9.17, 15) is 0 Å². The summed E-state index contributed by atoms with van der Waals surface area (Å²) in [6, 6.07) is 1.78. The van der Waals surface area contributed by atoms with Gasteiger partial charge in [0.2, 0.25) is 0 Å². The lowest BCUT2D eigenvalue weighted by atomic mass is 10.4. The molecule has 0 aliphatic carbocycles. The standard InChI is InChI=1S/C10H10BrN5/c1-2-13-9-7(11)5-14-10(16-9)8-3-4-12-6-15-8/h3-6H,2H2,1H3,(H,13,14,16). The van der Waals surface area contributed by atoms with Crippen LogP contribution in [0.15, 0.2) is 29.3 Å². The molecule has 16 heavy (non-hydrogen) atoms. The average Bonchev–Trinajstić information content (AvgIpc) is 2.33. The molecule has 2 aromatic rings. The van der Waals surface area contributed by atoms with Crippen molar-refractivity contribution in [2.24, 2.45) is 0 Å². The van der Waals surface area contributed by atoms with Gasteiger partial charge >= 0.3 is 0 Å². The first-order valence-electron chi connectivity index (χ1n) is 4.84. The summed E-state index contributed by atoms with van der Waals surface area (Å²) in [5, 5.41) is 3.14. The van der Waals surface area contributed by atoms with Crippen LogP contribution in [0.3, 0.4) is 0 Å². The van der Waals surface area contributed by atoms with Gasteiger partial charge in [0.1, 0.15) is 17.8 Å². The Morgan fingerprint density at radius 3 is 2.94 bits per heavy atom. The Morgan fingerprint density at radius 1 is 1.38 bits per heavy atom. The second-order valence-corrected chi connectivity index (χ2v) is 3.87. The molecule has 5 nitrogen and oxygen atoms in total. The van der Waals surface area contributed by atoms with E-state index in [-0.39, 0.29) is 0 Å². The molecule has 2 heterocycles. The van der Waals surface area contributed by atoms with Crippen LogP contribution in [0.5, 0.6) is 0 Å². The highest BCUT2D eigenvalue weighted by Crippen LogP contribution is 2.21. The third kappa shape index (κ3) is 2.33. The maximum Gasteiger partial charge on any atom is 0.180 e. The molecule has 6 heteroatoms. The van der Waals surface area contributed by atoms with Crippen molar-refractivity contribution in [1.82, 2.24) is 19.9 Å². The Labute approximate surface area is 102 Å². The molecule has 0 amide bonds. The summed E-state index contributed by atoms with van der Waals surface area (Å²) in [7, 11) is 0. The minimum Gasteiger partial charge on any atom is -0.369 e. The molecule has 82 valence electrons. The molecule has 1 N–H and O–H groups in total. The first kappa shape index (κ1) is 10.9. The SMILES string of the molecule is CCNc1nc(-c2ccncn2)ncc1Br. The summed E-state index contributed by atoms with van der Waals surface area (Å²) in [6.07, 6.45) is 4.86. The van der Waals surface area contributed by atoms with Gasteiger partial charge in [-0.15, -0.1) is 0 Å². The predicted molar refractivity (Wildman–Crippen MR) is 64.9 cm³/mol. The number of hydrogen-bond acceptors (Lipinski definition) is 5. The molecule has 0 fully saturated rings. The van der Waals surface area contributed by atoms with E-state index < -0.39 is 0 Å². The second-order valence-electron chi connectivity index (χ2n) is 3.02. The molecule has 2 aromatic heterocycles. The first-order valence-corrected chi connectivity index (χ1v) is 5.63. The third-order valence-corrected chi connectivity index (χ3v) is 2.48. The Bertz CT molecular complexity index is 474. The molecular weight excluding hydrogens is 270 g/mol. The lowest BCUT2D eigenvalue weighted by Crippen LogP contribution is -2.02. The van der Waals surface area contributed by atoms with E-state index in [0.29, 0.717) is 11.5 Å². The van der Waals surface area contributed by atoms with Gasteiger partial charge in [0, 0.05) is 18.9 Å². The van der Waals surface area contributed by atoms with Gasteiger partial charge in [-0.1, -0.05) is 0 Å². The van der Waals surface area contributed by atoms with Gasteiger partial charge < -0.3 is 5.32 Å². The van der Waals surface area contributed by atoms with E-state index in [4.69, 9.17) is 0 Å². The highest BCUT2D eigenvalue weighted by molar-refractivity contribution is 9.10. The van der Waals surface area contributed by atoms with Crippen LogP contribution < -0.4 is 5.32 Å². The van der Waals surface area contributed by atoms with Gasteiger partial charge in [-0.05, 0) is 28.9 Å². The number of nitrogens with zero attached hydrogens (tertiary/aromatic N) is 4. The number of rotatable bonds is 3. The van der Waals surface area contributed by atoms with Crippen LogP contribution in [-0.2, 0) is 0 Å². The maximum atomic E-state index is 4.37. The highest BCUT2D eigenvalue weighted by Gasteiger charge is 2.06. The van der Waals surface area contributed by atoms with E-state index in [2.05, 4.69) is 41.2 Å². The molecular formula is C10H10BrN5.